The van der Waals surface area contributed by atoms with Gasteiger partial charge in [0.25, 0.3) is 0 Å². The molecule has 3 heterocycles. The fourth-order valence-electron chi connectivity index (χ4n) is 8.89. The first-order chi connectivity index (χ1) is 29.8. The summed E-state index contributed by atoms with van der Waals surface area (Å²) in [6.07, 6.45) is 0. The van der Waals surface area contributed by atoms with Gasteiger partial charge in [0.15, 0.2) is 5.58 Å². The van der Waals surface area contributed by atoms with Crippen molar-refractivity contribution >= 4 is 71.9 Å². The number of aromatic nitrogens is 2. The molecular formula is C55H35N3O2. The number of para-hydroxylation sites is 4. The van der Waals surface area contributed by atoms with Crippen LogP contribution in [-0.2, 0) is 0 Å². The lowest BCUT2D eigenvalue weighted by Gasteiger charge is -2.28. The van der Waals surface area contributed by atoms with Gasteiger partial charge < -0.3 is 18.3 Å². The number of hydrogen-bond donors (Lipinski definition) is 0. The SMILES string of the molecule is c1ccc(-c2cccc(N(c3ccc(-c4cc5oc6ccccc6c5c5oc(-c6ccccc6)nc45)cc3)c3cccc4c5ccccc5n(-c5ccccc5)c34)c2)cc1. The van der Waals surface area contributed by atoms with Gasteiger partial charge >= 0.3 is 0 Å². The van der Waals surface area contributed by atoms with Crippen molar-refractivity contribution < 1.29 is 8.83 Å². The first-order valence-electron chi connectivity index (χ1n) is 20.2. The van der Waals surface area contributed by atoms with E-state index in [1.54, 1.807) is 0 Å². The molecule has 0 saturated heterocycles. The van der Waals surface area contributed by atoms with E-state index >= 15 is 0 Å². The lowest BCUT2D eigenvalue weighted by molar-refractivity contribution is 0.622. The Bertz CT molecular complexity index is 3530. The van der Waals surface area contributed by atoms with E-state index < -0.39 is 0 Å². The van der Waals surface area contributed by atoms with Crippen LogP contribution in [0.5, 0.6) is 0 Å². The van der Waals surface area contributed by atoms with Gasteiger partial charge in [-0.2, -0.15) is 0 Å². The molecule has 5 nitrogen and oxygen atoms in total. The van der Waals surface area contributed by atoms with Crippen LogP contribution in [0, 0.1) is 0 Å². The monoisotopic (exact) mass is 769 g/mol. The Hall–Kier alpha value is -8.15. The molecule has 60 heavy (non-hydrogen) atoms. The number of fused-ring (bicyclic) bond motifs is 8. The summed E-state index contributed by atoms with van der Waals surface area (Å²) >= 11 is 0. The summed E-state index contributed by atoms with van der Waals surface area (Å²) in [6, 6.07) is 74.5. The number of oxazole rings is 1. The van der Waals surface area contributed by atoms with Crippen LogP contribution in [0.2, 0.25) is 0 Å². The Morgan fingerprint density at radius 2 is 1.08 bits per heavy atom. The molecule has 0 saturated carbocycles. The summed E-state index contributed by atoms with van der Waals surface area (Å²) in [4.78, 5) is 7.55. The van der Waals surface area contributed by atoms with Crippen molar-refractivity contribution in [2.24, 2.45) is 0 Å². The molecule has 0 N–H and O–H groups in total. The van der Waals surface area contributed by atoms with Gasteiger partial charge in [0.1, 0.15) is 16.7 Å². The maximum atomic E-state index is 6.65. The van der Waals surface area contributed by atoms with Gasteiger partial charge in [-0.15, -0.1) is 0 Å². The molecular weight excluding hydrogens is 735 g/mol. The minimum Gasteiger partial charge on any atom is -0.456 e. The standard InChI is InChI=1S/C55H35N3O2/c1-4-16-36(17-5-1)39-20-14-23-42(34-39)57(48-28-15-26-44-43-24-10-12-27-47(43)58(53(44)48)40-21-8-3-9-22-40)41-32-30-37(31-33-41)46-35-50-51(45-25-11-13-29-49(45)59-50)54-52(46)56-55(60-54)38-18-6-2-7-19-38/h1-35H. The predicted octanol–water partition coefficient (Wildman–Crippen LogP) is 15.3. The van der Waals surface area contributed by atoms with Crippen molar-refractivity contribution in [2.45, 2.75) is 0 Å². The molecule has 12 aromatic rings. The molecule has 0 aliphatic rings. The van der Waals surface area contributed by atoms with Gasteiger partial charge in [-0.3, -0.25) is 0 Å². The van der Waals surface area contributed by atoms with Crippen LogP contribution in [0.25, 0.3) is 94.2 Å². The largest absolute Gasteiger partial charge is 0.456 e. The van der Waals surface area contributed by atoms with Crippen LogP contribution in [0.4, 0.5) is 17.1 Å². The number of furan rings is 1. The molecule has 0 aliphatic carbocycles. The molecule has 0 bridgehead atoms. The fourth-order valence-corrected chi connectivity index (χ4v) is 8.89. The molecule has 0 fully saturated rings. The summed E-state index contributed by atoms with van der Waals surface area (Å²) in [6.45, 7) is 0. The molecule has 3 aromatic heterocycles. The molecule has 0 radical (unpaired) electrons. The highest BCUT2D eigenvalue weighted by Crippen LogP contribution is 2.46. The highest BCUT2D eigenvalue weighted by molar-refractivity contribution is 6.20. The average molecular weight is 770 g/mol. The van der Waals surface area contributed by atoms with E-state index in [9.17, 15) is 0 Å². The smallest absolute Gasteiger partial charge is 0.227 e. The highest BCUT2D eigenvalue weighted by Gasteiger charge is 2.24. The molecule has 5 heteroatoms. The summed E-state index contributed by atoms with van der Waals surface area (Å²) in [5, 5.41) is 4.33. The zero-order valence-corrected chi connectivity index (χ0v) is 32.4. The van der Waals surface area contributed by atoms with E-state index in [-0.39, 0.29) is 0 Å². The third-order valence-corrected chi connectivity index (χ3v) is 11.6. The quantitative estimate of drug-likeness (QED) is 0.162. The molecule has 0 amide bonds. The molecule has 12 rings (SSSR count). The molecule has 0 aliphatic heterocycles. The first-order valence-corrected chi connectivity index (χ1v) is 20.2. The van der Waals surface area contributed by atoms with Gasteiger partial charge in [0.05, 0.1) is 22.1 Å². The van der Waals surface area contributed by atoms with Gasteiger partial charge in [0, 0.05) is 44.3 Å². The van der Waals surface area contributed by atoms with E-state index in [2.05, 4.69) is 173 Å². The summed E-state index contributed by atoms with van der Waals surface area (Å²) in [5.41, 5.74) is 14.8. The molecule has 282 valence electrons. The predicted molar refractivity (Wildman–Crippen MR) is 247 cm³/mol. The average Bonchev–Trinajstić information content (AvgIpc) is 4.03. The zero-order valence-electron chi connectivity index (χ0n) is 32.4. The first kappa shape index (κ1) is 33.9. The van der Waals surface area contributed by atoms with Gasteiger partial charge in [0.2, 0.25) is 5.89 Å². The Morgan fingerprint density at radius 1 is 0.433 bits per heavy atom. The van der Waals surface area contributed by atoms with Crippen molar-refractivity contribution in [3.05, 3.63) is 212 Å². The zero-order chi connectivity index (χ0) is 39.6. The maximum absolute atomic E-state index is 6.65. The van der Waals surface area contributed by atoms with Crippen molar-refractivity contribution in [3.8, 4) is 39.4 Å². The van der Waals surface area contributed by atoms with Crippen molar-refractivity contribution in [1.82, 2.24) is 9.55 Å². The van der Waals surface area contributed by atoms with Crippen LogP contribution >= 0.6 is 0 Å². The Labute approximate surface area is 345 Å². The van der Waals surface area contributed by atoms with E-state index in [1.807, 2.05) is 48.5 Å². The second-order valence-electron chi connectivity index (χ2n) is 15.1. The lowest BCUT2D eigenvalue weighted by Crippen LogP contribution is -2.11. The van der Waals surface area contributed by atoms with E-state index in [1.165, 1.54) is 16.3 Å². The van der Waals surface area contributed by atoms with Crippen LogP contribution in [0.1, 0.15) is 0 Å². The van der Waals surface area contributed by atoms with Gasteiger partial charge in [-0.25, -0.2) is 4.98 Å². The number of benzene rings is 9. The number of nitrogens with zero attached hydrogens (tertiary/aromatic N) is 3. The van der Waals surface area contributed by atoms with Crippen molar-refractivity contribution in [1.29, 1.82) is 0 Å². The second kappa shape index (κ2) is 13.8. The Balaban J connectivity index is 1.08. The molecule has 0 atom stereocenters. The van der Waals surface area contributed by atoms with E-state index in [4.69, 9.17) is 13.8 Å². The van der Waals surface area contributed by atoms with Crippen molar-refractivity contribution in [2.75, 3.05) is 4.90 Å². The van der Waals surface area contributed by atoms with E-state index in [0.29, 0.717) is 5.89 Å². The number of anilines is 3. The molecule has 0 spiro atoms. The molecule has 0 unspecified atom stereocenters. The normalized spacial score (nSPS) is 11.7. The van der Waals surface area contributed by atoms with Crippen LogP contribution in [0.3, 0.4) is 0 Å². The summed E-state index contributed by atoms with van der Waals surface area (Å²) < 4.78 is 15.5. The topological polar surface area (TPSA) is 47.3 Å². The summed E-state index contributed by atoms with van der Waals surface area (Å²) in [5.74, 6) is 0.577. The third kappa shape index (κ3) is 5.44. The van der Waals surface area contributed by atoms with Crippen LogP contribution < -0.4 is 4.90 Å². The molecule has 9 aromatic carbocycles. The fraction of sp³-hybridized carbons (Fsp3) is 0. The highest BCUT2D eigenvalue weighted by atomic mass is 16.4. The minimum absolute atomic E-state index is 0.577. The number of rotatable bonds is 7. The van der Waals surface area contributed by atoms with Crippen LogP contribution in [-0.4, -0.2) is 9.55 Å². The third-order valence-electron chi connectivity index (χ3n) is 11.6. The summed E-state index contributed by atoms with van der Waals surface area (Å²) in [7, 11) is 0. The van der Waals surface area contributed by atoms with E-state index in [0.717, 1.165) is 89.1 Å². The maximum Gasteiger partial charge on any atom is 0.227 e. The second-order valence-corrected chi connectivity index (χ2v) is 15.1. The Kier molecular flexibility index (Phi) is 7.78. The number of hydrogen-bond acceptors (Lipinski definition) is 4. The Morgan fingerprint density at radius 3 is 1.88 bits per heavy atom. The van der Waals surface area contributed by atoms with Crippen LogP contribution in [0.15, 0.2) is 221 Å². The minimum atomic E-state index is 0.577. The van der Waals surface area contributed by atoms with Gasteiger partial charge in [-0.05, 0) is 89.5 Å². The van der Waals surface area contributed by atoms with Crippen molar-refractivity contribution in [3.63, 3.8) is 0 Å². The lowest BCUT2D eigenvalue weighted by atomic mass is 10.0. The van der Waals surface area contributed by atoms with Gasteiger partial charge in [-0.1, -0.05) is 140 Å².